The van der Waals surface area contributed by atoms with Gasteiger partial charge in [0.15, 0.2) is 0 Å². The number of hydrogen-bond acceptors (Lipinski definition) is 3. The number of amides is 1. The highest BCUT2D eigenvalue weighted by atomic mass is 79.9. The number of piperazine rings is 1. The van der Waals surface area contributed by atoms with E-state index >= 15 is 0 Å². The number of benzene rings is 1. The van der Waals surface area contributed by atoms with Gasteiger partial charge in [-0.3, -0.25) is 9.69 Å². The van der Waals surface area contributed by atoms with Gasteiger partial charge in [-0.1, -0.05) is 15.9 Å². The van der Waals surface area contributed by atoms with E-state index in [0.717, 1.165) is 29.8 Å². The van der Waals surface area contributed by atoms with Gasteiger partial charge in [0, 0.05) is 35.8 Å². The first-order valence-corrected chi connectivity index (χ1v) is 6.94. The summed E-state index contributed by atoms with van der Waals surface area (Å²) in [7, 11) is 0. The third kappa shape index (κ3) is 5.10. The third-order valence-corrected chi connectivity index (χ3v) is 3.64. The summed E-state index contributed by atoms with van der Waals surface area (Å²) in [4.78, 5) is 14.1. The molecule has 1 heterocycles. The number of carbonyl (C=O) groups excluding carboxylic acids is 1. The van der Waals surface area contributed by atoms with Crippen LogP contribution in [0, 0.1) is 0 Å². The molecule has 0 radical (unpaired) electrons. The highest BCUT2D eigenvalue weighted by Crippen LogP contribution is 2.14. The second-order valence-electron chi connectivity index (χ2n) is 4.58. The quantitative estimate of drug-likeness (QED) is 0.879. The van der Waals surface area contributed by atoms with Crippen LogP contribution in [0.4, 0.5) is 5.69 Å². The summed E-state index contributed by atoms with van der Waals surface area (Å²) in [5, 5.41) is 6.23. The van der Waals surface area contributed by atoms with Gasteiger partial charge in [0.25, 0.3) is 0 Å². The molecule has 1 aliphatic heterocycles. The number of halogens is 2. The molecule has 0 aliphatic carbocycles. The van der Waals surface area contributed by atoms with Crippen LogP contribution in [0.5, 0.6) is 0 Å². The Kier molecular flexibility index (Phi) is 6.79. The minimum atomic E-state index is 0. The van der Waals surface area contributed by atoms with E-state index in [4.69, 9.17) is 0 Å². The normalized spacial score (nSPS) is 19.6. The highest BCUT2D eigenvalue weighted by Gasteiger charge is 2.20. The molecule has 0 unspecified atom stereocenters. The fourth-order valence-corrected chi connectivity index (χ4v) is 2.30. The first kappa shape index (κ1) is 16.4. The molecule has 1 fully saturated rings. The molecular weight excluding hydrogens is 330 g/mol. The van der Waals surface area contributed by atoms with Crippen molar-refractivity contribution < 1.29 is 4.79 Å². The molecule has 19 heavy (non-hydrogen) atoms. The topological polar surface area (TPSA) is 44.4 Å². The maximum atomic E-state index is 11.9. The van der Waals surface area contributed by atoms with Crippen molar-refractivity contribution in [1.82, 2.24) is 10.2 Å². The molecule has 6 heteroatoms. The lowest BCUT2D eigenvalue weighted by atomic mass is 10.2. The van der Waals surface area contributed by atoms with Crippen LogP contribution < -0.4 is 10.6 Å². The standard InChI is InChI=1S/C13H18BrN3O.ClH/c1-10-8-15-6-7-17(10)9-13(18)16-12-4-2-11(14)3-5-12;/h2-5,10,15H,6-9H2,1H3,(H,16,18);1H/t10-;/m0./s1. The van der Waals surface area contributed by atoms with Crippen molar-refractivity contribution in [2.24, 2.45) is 0 Å². The van der Waals surface area contributed by atoms with Crippen LogP contribution >= 0.6 is 28.3 Å². The summed E-state index contributed by atoms with van der Waals surface area (Å²) in [5.74, 6) is 0.0473. The zero-order valence-electron chi connectivity index (χ0n) is 10.9. The molecule has 106 valence electrons. The number of nitrogens with zero attached hydrogens (tertiary/aromatic N) is 1. The molecule has 0 bridgehead atoms. The number of carbonyl (C=O) groups is 1. The van der Waals surface area contributed by atoms with Gasteiger partial charge in [0.1, 0.15) is 0 Å². The highest BCUT2D eigenvalue weighted by molar-refractivity contribution is 9.10. The monoisotopic (exact) mass is 347 g/mol. The molecule has 1 saturated heterocycles. The maximum absolute atomic E-state index is 11.9. The van der Waals surface area contributed by atoms with Crippen LogP contribution in [0.2, 0.25) is 0 Å². The van der Waals surface area contributed by atoms with Gasteiger partial charge in [-0.25, -0.2) is 0 Å². The van der Waals surface area contributed by atoms with Crippen LogP contribution in [-0.4, -0.2) is 43.0 Å². The van der Waals surface area contributed by atoms with Crippen molar-refractivity contribution in [3.05, 3.63) is 28.7 Å². The molecule has 0 spiro atoms. The van der Waals surface area contributed by atoms with Crippen molar-refractivity contribution in [2.45, 2.75) is 13.0 Å². The van der Waals surface area contributed by atoms with Gasteiger partial charge in [-0.15, -0.1) is 12.4 Å². The smallest absolute Gasteiger partial charge is 0.238 e. The first-order valence-electron chi connectivity index (χ1n) is 6.15. The fourth-order valence-electron chi connectivity index (χ4n) is 2.04. The zero-order chi connectivity index (χ0) is 13.0. The van der Waals surface area contributed by atoms with E-state index in [1.165, 1.54) is 0 Å². The van der Waals surface area contributed by atoms with E-state index in [1.807, 2.05) is 24.3 Å². The summed E-state index contributed by atoms with van der Waals surface area (Å²) in [6, 6.07) is 8.03. The van der Waals surface area contributed by atoms with Crippen LogP contribution in [0.1, 0.15) is 6.92 Å². The molecular formula is C13H19BrClN3O. The Bertz CT molecular complexity index is 413. The summed E-state index contributed by atoms with van der Waals surface area (Å²) in [6.07, 6.45) is 0. The Balaban J connectivity index is 0.00000180. The Morgan fingerprint density at radius 3 is 2.79 bits per heavy atom. The van der Waals surface area contributed by atoms with Crippen molar-refractivity contribution in [3.8, 4) is 0 Å². The zero-order valence-corrected chi connectivity index (χ0v) is 13.3. The van der Waals surface area contributed by atoms with E-state index in [0.29, 0.717) is 12.6 Å². The van der Waals surface area contributed by atoms with E-state index in [2.05, 4.69) is 38.4 Å². The van der Waals surface area contributed by atoms with Crippen molar-refractivity contribution in [2.75, 3.05) is 31.5 Å². The lowest BCUT2D eigenvalue weighted by Gasteiger charge is -2.33. The number of nitrogens with one attached hydrogen (secondary N) is 2. The van der Waals surface area contributed by atoms with Crippen LogP contribution in [0.15, 0.2) is 28.7 Å². The molecule has 1 aromatic rings. The van der Waals surface area contributed by atoms with Crippen LogP contribution in [0.25, 0.3) is 0 Å². The Hall–Kier alpha value is -0.620. The third-order valence-electron chi connectivity index (χ3n) is 3.11. The average Bonchev–Trinajstić information content (AvgIpc) is 2.35. The lowest BCUT2D eigenvalue weighted by Crippen LogP contribution is -2.51. The minimum absolute atomic E-state index is 0. The summed E-state index contributed by atoms with van der Waals surface area (Å²) >= 11 is 3.37. The lowest BCUT2D eigenvalue weighted by molar-refractivity contribution is -0.118. The molecule has 1 atom stereocenters. The Morgan fingerprint density at radius 1 is 1.47 bits per heavy atom. The van der Waals surface area contributed by atoms with Gasteiger partial charge in [0.05, 0.1) is 6.54 Å². The van der Waals surface area contributed by atoms with E-state index in [1.54, 1.807) is 0 Å². The van der Waals surface area contributed by atoms with Gasteiger partial charge >= 0.3 is 0 Å². The predicted octanol–water partition coefficient (Wildman–Crippen LogP) is 2.10. The summed E-state index contributed by atoms with van der Waals surface area (Å²) < 4.78 is 1.01. The number of anilines is 1. The summed E-state index contributed by atoms with van der Waals surface area (Å²) in [5.41, 5.74) is 0.839. The molecule has 4 nitrogen and oxygen atoms in total. The number of rotatable bonds is 3. The Morgan fingerprint density at radius 2 is 2.16 bits per heavy atom. The molecule has 1 aliphatic rings. The van der Waals surface area contributed by atoms with Gasteiger partial charge < -0.3 is 10.6 Å². The largest absolute Gasteiger partial charge is 0.325 e. The molecule has 0 aromatic heterocycles. The summed E-state index contributed by atoms with van der Waals surface area (Å²) in [6.45, 7) is 5.42. The predicted molar refractivity (Wildman–Crippen MR) is 83.9 cm³/mol. The van der Waals surface area contributed by atoms with Gasteiger partial charge in [-0.05, 0) is 31.2 Å². The average molecular weight is 349 g/mol. The van der Waals surface area contributed by atoms with Crippen LogP contribution in [-0.2, 0) is 4.79 Å². The maximum Gasteiger partial charge on any atom is 0.238 e. The van der Waals surface area contributed by atoms with E-state index < -0.39 is 0 Å². The molecule has 1 aromatic carbocycles. The molecule has 1 amide bonds. The Labute approximate surface area is 128 Å². The second-order valence-corrected chi connectivity index (χ2v) is 5.49. The molecule has 2 rings (SSSR count). The second kappa shape index (κ2) is 7.85. The van der Waals surface area contributed by atoms with Gasteiger partial charge in [0.2, 0.25) is 5.91 Å². The van der Waals surface area contributed by atoms with Gasteiger partial charge in [-0.2, -0.15) is 0 Å². The minimum Gasteiger partial charge on any atom is -0.325 e. The number of hydrogen-bond donors (Lipinski definition) is 2. The first-order chi connectivity index (χ1) is 8.65. The van der Waals surface area contributed by atoms with E-state index in [-0.39, 0.29) is 18.3 Å². The van der Waals surface area contributed by atoms with E-state index in [9.17, 15) is 4.79 Å². The van der Waals surface area contributed by atoms with Crippen molar-refractivity contribution in [3.63, 3.8) is 0 Å². The molecule has 0 saturated carbocycles. The van der Waals surface area contributed by atoms with Crippen molar-refractivity contribution in [1.29, 1.82) is 0 Å². The fraction of sp³-hybridized carbons (Fsp3) is 0.462. The molecule has 2 N–H and O–H groups in total. The SMILES string of the molecule is C[C@H]1CNCCN1CC(=O)Nc1ccc(Br)cc1.Cl. The van der Waals surface area contributed by atoms with Crippen molar-refractivity contribution >= 4 is 39.9 Å². The van der Waals surface area contributed by atoms with Crippen LogP contribution in [0.3, 0.4) is 0 Å².